The topological polar surface area (TPSA) is 40.5 Å². The summed E-state index contributed by atoms with van der Waals surface area (Å²) >= 11 is 0. The van der Waals surface area contributed by atoms with Gasteiger partial charge in [-0.2, -0.15) is 0 Å². The largest absolute Gasteiger partial charge is 0.481 e. The summed E-state index contributed by atoms with van der Waals surface area (Å²) in [6, 6.07) is 11.1. The Morgan fingerprint density at radius 1 is 1.15 bits per heavy atom. The van der Waals surface area contributed by atoms with E-state index in [2.05, 4.69) is 29.2 Å². The molecular formula is C17H25NO2. The molecule has 1 saturated carbocycles. The standard InChI is InChI=1S/C17H25NO2/c19-17(20)12-14-18(16-10-4-5-11-16)13-6-9-15-7-2-1-3-8-15/h1-3,7-8,16H,4-6,9-14H2,(H,19,20). The maximum Gasteiger partial charge on any atom is 0.304 e. The molecule has 1 aromatic rings. The first kappa shape index (κ1) is 15.0. The number of carboxylic acids is 1. The molecule has 0 atom stereocenters. The number of benzene rings is 1. The minimum Gasteiger partial charge on any atom is -0.481 e. The third-order valence-corrected chi connectivity index (χ3v) is 4.21. The average Bonchev–Trinajstić information content (AvgIpc) is 2.97. The molecule has 3 nitrogen and oxygen atoms in total. The van der Waals surface area contributed by atoms with Crippen molar-refractivity contribution in [3.8, 4) is 0 Å². The van der Waals surface area contributed by atoms with Crippen LogP contribution in [0.3, 0.4) is 0 Å². The summed E-state index contributed by atoms with van der Waals surface area (Å²) in [5.74, 6) is -0.684. The number of rotatable bonds is 8. The van der Waals surface area contributed by atoms with Crippen molar-refractivity contribution in [2.45, 2.75) is 51.0 Å². The highest BCUT2D eigenvalue weighted by molar-refractivity contribution is 5.66. The summed E-state index contributed by atoms with van der Waals surface area (Å²) in [7, 11) is 0. The maximum atomic E-state index is 10.8. The van der Waals surface area contributed by atoms with E-state index in [-0.39, 0.29) is 6.42 Å². The van der Waals surface area contributed by atoms with Crippen LogP contribution in [0.15, 0.2) is 30.3 Å². The average molecular weight is 275 g/mol. The van der Waals surface area contributed by atoms with E-state index in [1.165, 1.54) is 31.2 Å². The Morgan fingerprint density at radius 2 is 1.85 bits per heavy atom. The van der Waals surface area contributed by atoms with E-state index in [4.69, 9.17) is 5.11 Å². The first-order valence-electron chi connectivity index (χ1n) is 7.75. The molecule has 1 aliphatic carbocycles. The number of hydrogen-bond donors (Lipinski definition) is 1. The second-order valence-electron chi connectivity index (χ2n) is 5.71. The smallest absolute Gasteiger partial charge is 0.304 e. The molecule has 1 aromatic carbocycles. The molecule has 0 saturated heterocycles. The van der Waals surface area contributed by atoms with Gasteiger partial charge in [0.2, 0.25) is 0 Å². The van der Waals surface area contributed by atoms with Gasteiger partial charge in [-0.3, -0.25) is 9.69 Å². The Kier molecular flexibility index (Phi) is 6.06. The fourth-order valence-electron chi connectivity index (χ4n) is 3.12. The second-order valence-corrected chi connectivity index (χ2v) is 5.71. The number of aliphatic carboxylic acids is 1. The zero-order valence-electron chi connectivity index (χ0n) is 12.1. The molecule has 1 fully saturated rings. The van der Waals surface area contributed by atoms with E-state index in [1.54, 1.807) is 0 Å². The van der Waals surface area contributed by atoms with Crippen LogP contribution in [0.4, 0.5) is 0 Å². The minimum atomic E-state index is -0.684. The van der Waals surface area contributed by atoms with Gasteiger partial charge >= 0.3 is 5.97 Å². The number of hydrogen-bond acceptors (Lipinski definition) is 2. The molecule has 0 spiro atoms. The molecule has 1 aliphatic rings. The van der Waals surface area contributed by atoms with E-state index in [0.717, 1.165) is 19.4 Å². The molecule has 0 aromatic heterocycles. The van der Waals surface area contributed by atoms with Gasteiger partial charge in [-0.25, -0.2) is 0 Å². The molecule has 0 bridgehead atoms. The normalized spacial score (nSPS) is 15.8. The van der Waals surface area contributed by atoms with Crippen LogP contribution >= 0.6 is 0 Å². The monoisotopic (exact) mass is 275 g/mol. The van der Waals surface area contributed by atoms with Crippen LogP contribution < -0.4 is 0 Å². The van der Waals surface area contributed by atoms with Crippen LogP contribution in [0.1, 0.15) is 44.1 Å². The lowest BCUT2D eigenvalue weighted by atomic mass is 10.1. The number of nitrogens with zero attached hydrogens (tertiary/aromatic N) is 1. The van der Waals surface area contributed by atoms with E-state index < -0.39 is 5.97 Å². The fraction of sp³-hybridized carbons (Fsp3) is 0.588. The van der Waals surface area contributed by atoms with Crippen molar-refractivity contribution in [2.75, 3.05) is 13.1 Å². The molecule has 0 radical (unpaired) electrons. The van der Waals surface area contributed by atoms with Gasteiger partial charge in [0.05, 0.1) is 6.42 Å². The van der Waals surface area contributed by atoms with Crippen molar-refractivity contribution in [1.82, 2.24) is 4.90 Å². The highest BCUT2D eigenvalue weighted by Crippen LogP contribution is 2.24. The Balaban J connectivity index is 1.78. The van der Waals surface area contributed by atoms with Crippen molar-refractivity contribution in [2.24, 2.45) is 0 Å². The summed E-state index contributed by atoms with van der Waals surface area (Å²) < 4.78 is 0. The lowest BCUT2D eigenvalue weighted by Gasteiger charge is -2.28. The molecule has 3 heteroatoms. The van der Waals surface area contributed by atoms with Crippen molar-refractivity contribution >= 4 is 5.97 Å². The third-order valence-electron chi connectivity index (χ3n) is 4.21. The first-order valence-corrected chi connectivity index (χ1v) is 7.75. The molecule has 110 valence electrons. The SMILES string of the molecule is O=C(O)CCN(CCCc1ccccc1)C1CCCC1. The van der Waals surface area contributed by atoms with Crippen LogP contribution in [0.25, 0.3) is 0 Å². The van der Waals surface area contributed by atoms with E-state index in [9.17, 15) is 4.79 Å². The van der Waals surface area contributed by atoms with Gasteiger partial charge in [-0.1, -0.05) is 43.2 Å². The number of carboxylic acid groups (broad SMARTS) is 1. The number of carbonyl (C=O) groups is 1. The quantitative estimate of drug-likeness (QED) is 0.791. The Hall–Kier alpha value is -1.35. The minimum absolute atomic E-state index is 0.266. The van der Waals surface area contributed by atoms with Gasteiger partial charge in [-0.05, 0) is 37.8 Å². The molecule has 0 aliphatic heterocycles. The molecule has 0 heterocycles. The van der Waals surface area contributed by atoms with Crippen molar-refractivity contribution < 1.29 is 9.90 Å². The van der Waals surface area contributed by atoms with Crippen LogP contribution in [0, 0.1) is 0 Å². The Labute approximate surface area is 121 Å². The molecule has 20 heavy (non-hydrogen) atoms. The highest BCUT2D eigenvalue weighted by atomic mass is 16.4. The predicted molar refractivity (Wildman–Crippen MR) is 80.8 cm³/mol. The summed E-state index contributed by atoms with van der Waals surface area (Å²) in [5.41, 5.74) is 1.37. The van der Waals surface area contributed by atoms with Gasteiger partial charge in [0.1, 0.15) is 0 Å². The van der Waals surface area contributed by atoms with E-state index in [1.807, 2.05) is 6.07 Å². The zero-order valence-corrected chi connectivity index (χ0v) is 12.1. The van der Waals surface area contributed by atoms with E-state index in [0.29, 0.717) is 12.6 Å². The van der Waals surface area contributed by atoms with Crippen LogP contribution in [0.2, 0.25) is 0 Å². The molecule has 1 N–H and O–H groups in total. The van der Waals surface area contributed by atoms with Crippen LogP contribution in [-0.2, 0) is 11.2 Å². The Morgan fingerprint density at radius 3 is 2.50 bits per heavy atom. The fourth-order valence-corrected chi connectivity index (χ4v) is 3.12. The predicted octanol–water partition coefficient (Wildman–Crippen LogP) is 3.34. The second kappa shape index (κ2) is 8.05. The van der Waals surface area contributed by atoms with Crippen LogP contribution in [-0.4, -0.2) is 35.1 Å². The summed E-state index contributed by atoms with van der Waals surface area (Å²) in [5, 5.41) is 8.88. The van der Waals surface area contributed by atoms with Gasteiger partial charge in [0.15, 0.2) is 0 Å². The van der Waals surface area contributed by atoms with Crippen molar-refractivity contribution in [3.05, 3.63) is 35.9 Å². The van der Waals surface area contributed by atoms with Crippen LogP contribution in [0.5, 0.6) is 0 Å². The first-order chi connectivity index (χ1) is 9.75. The number of aryl methyl sites for hydroxylation is 1. The maximum absolute atomic E-state index is 10.8. The van der Waals surface area contributed by atoms with Gasteiger partial charge in [0.25, 0.3) is 0 Å². The third kappa shape index (κ3) is 4.97. The lowest BCUT2D eigenvalue weighted by molar-refractivity contribution is -0.137. The molecule has 2 rings (SSSR count). The Bertz CT molecular complexity index is 399. The molecular weight excluding hydrogens is 250 g/mol. The zero-order chi connectivity index (χ0) is 14.2. The lowest BCUT2D eigenvalue weighted by Crippen LogP contribution is -2.36. The van der Waals surface area contributed by atoms with Crippen molar-refractivity contribution in [3.63, 3.8) is 0 Å². The molecule has 0 amide bonds. The summed E-state index contributed by atoms with van der Waals surface area (Å²) in [4.78, 5) is 13.2. The summed E-state index contributed by atoms with van der Waals surface area (Å²) in [6.45, 7) is 1.72. The highest BCUT2D eigenvalue weighted by Gasteiger charge is 2.22. The van der Waals surface area contributed by atoms with E-state index >= 15 is 0 Å². The molecule has 0 unspecified atom stereocenters. The van der Waals surface area contributed by atoms with Crippen molar-refractivity contribution in [1.29, 1.82) is 0 Å². The van der Waals surface area contributed by atoms with Gasteiger partial charge in [-0.15, -0.1) is 0 Å². The summed E-state index contributed by atoms with van der Waals surface area (Å²) in [6.07, 6.45) is 7.54. The van der Waals surface area contributed by atoms with Gasteiger partial charge in [0, 0.05) is 12.6 Å². The van der Waals surface area contributed by atoms with Gasteiger partial charge < -0.3 is 5.11 Å².